The highest BCUT2D eigenvalue weighted by Crippen LogP contribution is 2.27. The summed E-state index contributed by atoms with van der Waals surface area (Å²) in [7, 11) is 0. The lowest BCUT2D eigenvalue weighted by atomic mass is 10.1. The van der Waals surface area contributed by atoms with Crippen molar-refractivity contribution in [2.75, 3.05) is 0 Å². The molecular formula is C13H18N2O2. The summed E-state index contributed by atoms with van der Waals surface area (Å²) in [5.41, 5.74) is 3.02. The van der Waals surface area contributed by atoms with Gasteiger partial charge in [0.15, 0.2) is 6.10 Å². The molecule has 0 heterocycles. The molecule has 1 saturated carbocycles. The Bertz CT molecular complexity index is 361. The van der Waals surface area contributed by atoms with Gasteiger partial charge >= 0.3 is 0 Å². The van der Waals surface area contributed by atoms with Crippen LogP contribution < -0.4 is 11.3 Å². The quantitative estimate of drug-likeness (QED) is 0.473. The summed E-state index contributed by atoms with van der Waals surface area (Å²) in [6.45, 7) is 0. The highest BCUT2D eigenvalue weighted by atomic mass is 16.5. The van der Waals surface area contributed by atoms with E-state index in [1.807, 2.05) is 30.3 Å². The average molecular weight is 234 g/mol. The van der Waals surface area contributed by atoms with Gasteiger partial charge in [0.25, 0.3) is 5.91 Å². The number of amides is 1. The monoisotopic (exact) mass is 234 g/mol. The van der Waals surface area contributed by atoms with Crippen LogP contribution in [-0.2, 0) is 9.53 Å². The number of ether oxygens (including phenoxy) is 1. The van der Waals surface area contributed by atoms with Crippen LogP contribution in [0.5, 0.6) is 0 Å². The lowest BCUT2D eigenvalue weighted by Crippen LogP contribution is -2.37. The Hall–Kier alpha value is -1.39. The molecule has 4 nitrogen and oxygen atoms in total. The molecule has 4 heteroatoms. The molecule has 1 aromatic rings. The maximum absolute atomic E-state index is 11.7. The first kappa shape index (κ1) is 12.1. The van der Waals surface area contributed by atoms with Crippen LogP contribution in [0.4, 0.5) is 0 Å². The summed E-state index contributed by atoms with van der Waals surface area (Å²) in [6.07, 6.45) is 4.00. The van der Waals surface area contributed by atoms with Gasteiger partial charge < -0.3 is 4.74 Å². The van der Waals surface area contributed by atoms with Crippen LogP contribution in [0.3, 0.4) is 0 Å². The van der Waals surface area contributed by atoms with Crippen LogP contribution in [0.15, 0.2) is 30.3 Å². The second-order valence-corrected chi connectivity index (χ2v) is 4.34. The summed E-state index contributed by atoms with van der Waals surface area (Å²) in [4.78, 5) is 11.7. The van der Waals surface area contributed by atoms with Crippen LogP contribution in [0.2, 0.25) is 0 Å². The molecule has 1 aliphatic rings. The summed E-state index contributed by atoms with van der Waals surface area (Å²) in [5, 5.41) is 0. The molecule has 0 aliphatic heterocycles. The normalized spacial score (nSPS) is 17.9. The number of rotatable bonds is 4. The number of hydrazine groups is 1. The van der Waals surface area contributed by atoms with E-state index in [4.69, 9.17) is 10.6 Å². The van der Waals surface area contributed by atoms with Crippen molar-refractivity contribution in [3.63, 3.8) is 0 Å². The smallest absolute Gasteiger partial charge is 0.267 e. The van der Waals surface area contributed by atoms with E-state index in [0.29, 0.717) is 0 Å². The fourth-order valence-corrected chi connectivity index (χ4v) is 2.21. The number of benzene rings is 1. The van der Waals surface area contributed by atoms with E-state index in [-0.39, 0.29) is 12.0 Å². The van der Waals surface area contributed by atoms with Gasteiger partial charge in [-0.2, -0.15) is 0 Å². The first-order valence-electron chi connectivity index (χ1n) is 6.02. The van der Waals surface area contributed by atoms with Gasteiger partial charge in [-0.1, -0.05) is 43.2 Å². The van der Waals surface area contributed by atoms with Gasteiger partial charge in [-0.25, -0.2) is 5.84 Å². The van der Waals surface area contributed by atoms with E-state index in [1.54, 1.807) is 0 Å². The Labute approximate surface area is 101 Å². The predicted octanol–water partition coefficient (Wildman–Crippen LogP) is 1.68. The summed E-state index contributed by atoms with van der Waals surface area (Å²) < 4.78 is 5.86. The zero-order valence-corrected chi connectivity index (χ0v) is 9.76. The van der Waals surface area contributed by atoms with E-state index in [2.05, 4.69) is 5.43 Å². The second-order valence-electron chi connectivity index (χ2n) is 4.34. The van der Waals surface area contributed by atoms with Crippen molar-refractivity contribution in [1.29, 1.82) is 0 Å². The van der Waals surface area contributed by atoms with Crippen LogP contribution in [0.1, 0.15) is 37.4 Å². The van der Waals surface area contributed by atoms with Crippen molar-refractivity contribution < 1.29 is 9.53 Å². The molecule has 1 unspecified atom stereocenters. The predicted molar refractivity (Wildman–Crippen MR) is 64.9 cm³/mol. The molecule has 0 radical (unpaired) electrons. The van der Waals surface area contributed by atoms with Crippen molar-refractivity contribution in [2.24, 2.45) is 5.84 Å². The summed E-state index contributed by atoms with van der Waals surface area (Å²) >= 11 is 0. The molecule has 17 heavy (non-hydrogen) atoms. The molecule has 0 saturated heterocycles. The third-order valence-electron chi connectivity index (χ3n) is 3.11. The van der Waals surface area contributed by atoms with Crippen molar-refractivity contribution in [3.8, 4) is 0 Å². The van der Waals surface area contributed by atoms with Gasteiger partial charge in [-0.3, -0.25) is 10.2 Å². The Kier molecular flexibility index (Phi) is 4.12. The molecular weight excluding hydrogens is 216 g/mol. The third kappa shape index (κ3) is 3.05. The zero-order valence-electron chi connectivity index (χ0n) is 9.76. The topological polar surface area (TPSA) is 64.3 Å². The minimum Gasteiger partial charge on any atom is -0.360 e. The number of carbonyl (C=O) groups is 1. The number of nitrogens with two attached hydrogens (primary N) is 1. The minimum atomic E-state index is -0.593. The molecule has 1 aromatic carbocycles. The SMILES string of the molecule is NNC(=O)C(OC1CCCC1)c1ccccc1. The maximum atomic E-state index is 11.7. The maximum Gasteiger partial charge on any atom is 0.267 e. The van der Waals surface area contributed by atoms with Gasteiger partial charge in [-0.15, -0.1) is 0 Å². The van der Waals surface area contributed by atoms with E-state index < -0.39 is 6.10 Å². The molecule has 92 valence electrons. The van der Waals surface area contributed by atoms with Gasteiger partial charge in [-0.05, 0) is 18.4 Å². The molecule has 3 N–H and O–H groups in total. The zero-order chi connectivity index (χ0) is 12.1. The standard InChI is InChI=1S/C13H18N2O2/c14-15-13(16)12(10-6-2-1-3-7-10)17-11-8-4-5-9-11/h1-3,6-7,11-12H,4-5,8-9,14H2,(H,15,16). The van der Waals surface area contributed by atoms with Crippen molar-refractivity contribution in [1.82, 2.24) is 5.43 Å². The molecule has 1 fully saturated rings. The van der Waals surface area contributed by atoms with Crippen molar-refractivity contribution >= 4 is 5.91 Å². The second kappa shape index (κ2) is 5.80. The Morgan fingerprint density at radius 3 is 2.53 bits per heavy atom. The number of carbonyl (C=O) groups excluding carboxylic acids is 1. The van der Waals surface area contributed by atoms with E-state index in [1.165, 1.54) is 12.8 Å². The van der Waals surface area contributed by atoms with E-state index >= 15 is 0 Å². The highest BCUT2D eigenvalue weighted by molar-refractivity contribution is 5.81. The van der Waals surface area contributed by atoms with Crippen LogP contribution >= 0.6 is 0 Å². The Balaban J connectivity index is 2.10. The molecule has 2 rings (SSSR count). The molecule has 0 spiro atoms. The third-order valence-corrected chi connectivity index (χ3v) is 3.11. The van der Waals surface area contributed by atoms with Crippen LogP contribution in [-0.4, -0.2) is 12.0 Å². The minimum absolute atomic E-state index is 0.178. The lowest BCUT2D eigenvalue weighted by molar-refractivity contribution is -0.137. The molecule has 1 amide bonds. The molecule has 1 atom stereocenters. The Morgan fingerprint density at radius 2 is 1.94 bits per heavy atom. The first-order chi connectivity index (χ1) is 8.31. The van der Waals surface area contributed by atoms with Crippen molar-refractivity contribution in [2.45, 2.75) is 37.9 Å². The highest BCUT2D eigenvalue weighted by Gasteiger charge is 2.26. The van der Waals surface area contributed by atoms with E-state index in [9.17, 15) is 4.79 Å². The van der Waals surface area contributed by atoms with Crippen molar-refractivity contribution in [3.05, 3.63) is 35.9 Å². The fraction of sp³-hybridized carbons (Fsp3) is 0.462. The summed E-state index contributed by atoms with van der Waals surface area (Å²) in [5.74, 6) is 4.92. The summed E-state index contributed by atoms with van der Waals surface area (Å²) in [6, 6.07) is 9.47. The largest absolute Gasteiger partial charge is 0.360 e. The fourth-order valence-electron chi connectivity index (χ4n) is 2.21. The number of nitrogens with one attached hydrogen (secondary N) is 1. The Morgan fingerprint density at radius 1 is 1.29 bits per heavy atom. The number of hydrogen-bond donors (Lipinski definition) is 2. The number of hydrogen-bond acceptors (Lipinski definition) is 3. The van der Waals surface area contributed by atoms with Crippen LogP contribution in [0.25, 0.3) is 0 Å². The van der Waals surface area contributed by atoms with Gasteiger partial charge in [0.05, 0.1) is 6.10 Å². The van der Waals surface area contributed by atoms with E-state index in [0.717, 1.165) is 18.4 Å². The van der Waals surface area contributed by atoms with Gasteiger partial charge in [0, 0.05) is 0 Å². The lowest BCUT2D eigenvalue weighted by Gasteiger charge is -2.20. The van der Waals surface area contributed by atoms with Crippen LogP contribution in [0, 0.1) is 0 Å². The molecule has 0 aromatic heterocycles. The first-order valence-corrected chi connectivity index (χ1v) is 6.02. The average Bonchev–Trinajstić information content (AvgIpc) is 2.89. The molecule has 1 aliphatic carbocycles. The van der Waals surface area contributed by atoms with Gasteiger partial charge in [0.2, 0.25) is 0 Å². The molecule has 0 bridgehead atoms. The van der Waals surface area contributed by atoms with Gasteiger partial charge in [0.1, 0.15) is 0 Å².